The van der Waals surface area contributed by atoms with E-state index in [4.69, 9.17) is 0 Å². The van der Waals surface area contributed by atoms with Crippen LogP contribution < -0.4 is 5.32 Å². The fraction of sp³-hybridized carbons (Fsp3) is 1.00. The van der Waals surface area contributed by atoms with Gasteiger partial charge in [-0.1, -0.05) is 12.8 Å². The summed E-state index contributed by atoms with van der Waals surface area (Å²) in [5.74, 6) is -1.13. The van der Waals surface area contributed by atoms with Gasteiger partial charge in [-0.2, -0.15) is 13.2 Å². The molecule has 2 atom stereocenters. The molecular formula is C14H25F3N2. The average molecular weight is 278 g/mol. The number of nitrogens with one attached hydrogen (secondary N) is 1. The predicted octanol–water partition coefficient (Wildman–Crippen LogP) is 3.18. The molecule has 2 nitrogen and oxygen atoms in total. The fourth-order valence-electron chi connectivity index (χ4n) is 3.36. The van der Waals surface area contributed by atoms with E-state index in [0.717, 1.165) is 38.9 Å². The van der Waals surface area contributed by atoms with Crippen molar-refractivity contribution in [3.63, 3.8) is 0 Å². The molecule has 2 fully saturated rings. The summed E-state index contributed by atoms with van der Waals surface area (Å²) < 4.78 is 38.7. The van der Waals surface area contributed by atoms with E-state index in [2.05, 4.69) is 10.2 Å². The minimum absolute atomic E-state index is 0.299. The molecule has 0 aromatic carbocycles. The Hall–Kier alpha value is -0.290. The molecule has 1 heterocycles. The van der Waals surface area contributed by atoms with Crippen LogP contribution in [0.15, 0.2) is 0 Å². The van der Waals surface area contributed by atoms with Gasteiger partial charge in [-0.25, -0.2) is 0 Å². The summed E-state index contributed by atoms with van der Waals surface area (Å²) in [4.78, 5) is 2.41. The number of rotatable bonds is 5. The molecule has 1 N–H and O–H groups in total. The van der Waals surface area contributed by atoms with Gasteiger partial charge in [-0.3, -0.25) is 0 Å². The topological polar surface area (TPSA) is 15.3 Å². The molecule has 112 valence electrons. The zero-order chi connectivity index (χ0) is 13.7. The first-order valence-electron chi connectivity index (χ1n) is 7.60. The van der Waals surface area contributed by atoms with E-state index in [-0.39, 0.29) is 6.04 Å². The fourth-order valence-corrected chi connectivity index (χ4v) is 3.36. The van der Waals surface area contributed by atoms with Gasteiger partial charge in [0.15, 0.2) is 0 Å². The Labute approximate surface area is 113 Å². The van der Waals surface area contributed by atoms with Crippen molar-refractivity contribution in [1.29, 1.82) is 0 Å². The first-order valence-corrected chi connectivity index (χ1v) is 7.60. The van der Waals surface area contributed by atoms with Crippen molar-refractivity contribution in [2.24, 2.45) is 5.92 Å². The molecule has 19 heavy (non-hydrogen) atoms. The van der Waals surface area contributed by atoms with Gasteiger partial charge in [0.05, 0.1) is 5.92 Å². The highest BCUT2D eigenvalue weighted by molar-refractivity contribution is 4.85. The Kier molecular flexibility index (Phi) is 5.51. The van der Waals surface area contributed by atoms with Crippen LogP contribution in [0.3, 0.4) is 0 Å². The summed E-state index contributed by atoms with van der Waals surface area (Å²) in [5, 5.41) is 3.16. The van der Waals surface area contributed by atoms with Crippen molar-refractivity contribution in [3.05, 3.63) is 0 Å². The Bertz CT molecular complexity index is 262. The molecule has 2 aliphatic rings. The molecule has 5 heteroatoms. The van der Waals surface area contributed by atoms with Gasteiger partial charge in [0.1, 0.15) is 0 Å². The minimum Gasteiger partial charge on any atom is -0.313 e. The third kappa shape index (κ3) is 4.63. The number of halogens is 3. The summed E-state index contributed by atoms with van der Waals surface area (Å²) in [7, 11) is 0. The molecule has 0 spiro atoms. The third-order valence-corrected chi connectivity index (χ3v) is 4.44. The van der Waals surface area contributed by atoms with Gasteiger partial charge in [0.25, 0.3) is 0 Å². The number of nitrogens with zero attached hydrogens (tertiary/aromatic N) is 1. The summed E-state index contributed by atoms with van der Waals surface area (Å²) in [6.07, 6.45) is 2.08. The molecule has 2 unspecified atom stereocenters. The SMILES string of the molecule is FC(F)(F)C1CCCCC1NCCCN1CCCC1. The lowest BCUT2D eigenvalue weighted by Crippen LogP contribution is -2.46. The molecule has 0 amide bonds. The molecule has 0 aromatic rings. The molecule has 0 bridgehead atoms. The van der Waals surface area contributed by atoms with E-state index in [1.807, 2.05) is 0 Å². The van der Waals surface area contributed by atoms with Crippen LogP contribution in [0.1, 0.15) is 44.9 Å². The summed E-state index contributed by atoms with van der Waals surface area (Å²) in [6, 6.07) is -0.354. The van der Waals surface area contributed by atoms with Gasteiger partial charge < -0.3 is 10.2 Å². The van der Waals surface area contributed by atoms with Crippen molar-refractivity contribution in [3.8, 4) is 0 Å². The van der Waals surface area contributed by atoms with Crippen molar-refractivity contribution in [2.75, 3.05) is 26.2 Å². The predicted molar refractivity (Wildman–Crippen MR) is 70.1 cm³/mol. The van der Waals surface area contributed by atoms with Crippen LogP contribution in [-0.2, 0) is 0 Å². The zero-order valence-corrected chi connectivity index (χ0v) is 11.5. The highest BCUT2D eigenvalue weighted by atomic mass is 19.4. The van der Waals surface area contributed by atoms with Crippen LogP contribution in [0, 0.1) is 5.92 Å². The Balaban J connectivity index is 1.67. The summed E-state index contributed by atoms with van der Waals surface area (Å²) >= 11 is 0. The summed E-state index contributed by atoms with van der Waals surface area (Å²) in [5.41, 5.74) is 0. The van der Waals surface area contributed by atoms with E-state index in [1.54, 1.807) is 0 Å². The highest BCUT2D eigenvalue weighted by Gasteiger charge is 2.45. The molecule has 1 saturated carbocycles. The van der Waals surface area contributed by atoms with Crippen molar-refractivity contribution in [1.82, 2.24) is 10.2 Å². The molecular weight excluding hydrogens is 253 g/mol. The Morgan fingerprint density at radius 1 is 1.00 bits per heavy atom. The first-order chi connectivity index (χ1) is 9.07. The van der Waals surface area contributed by atoms with E-state index in [9.17, 15) is 13.2 Å². The maximum absolute atomic E-state index is 12.9. The van der Waals surface area contributed by atoms with Crippen LogP contribution in [0.2, 0.25) is 0 Å². The Morgan fingerprint density at radius 3 is 2.37 bits per heavy atom. The number of alkyl halides is 3. The second-order valence-electron chi connectivity index (χ2n) is 5.90. The van der Waals surface area contributed by atoms with E-state index < -0.39 is 12.1 Å². The lowest BCUT2D eigenvalue weighted by molar-refractivity contribution is -0.188. The third-order valence-electron chi connectivity index (χ3n) is 4.44. The Morgan fingerprint density at radius 2 is 1.68 bits per heavy atom. The second-order valence-corrected chi connectivity index (χ2v) is 5.90. The molecule has 0 radical (unpaired) electrons. The van der Waals surface area contributed by atoms with Gasteiger partial charge in [-0.05, 0) is 58.3 Å². The van der Waals surface area contributed by atoms with Crippen LogP contribution in [0.4, 0.5) is 13.2 Å². The largest absolute Gasteiger partial charge is 0.393 e. The maximum Gasteiger partial charge on any atom is 0.393 e. The van der Waals surface area contributed by atoms with Crippen LogP contribution in [0.5, 0.6) is 0 Å². The van der Waals surface area contributed by atoms with Gasteiger partial charge in [0.2, 0.25) is 0 Å². The highest BCUT2D eigenvalue weighted by Crippen LogP contribution is 2.37. The molecule has 0 aromatic heterocycles. The van der Waals surface area contributed by atoms with Crippen LogP contribution >= 0.6 is 0 Å². The van der Waals surface area contributed by atoms with E-state index >= 15 is 0 Å². The van der Waals surface area contributed by atoms with Crippen LogP contribution in [-0.4, -0.2) is 43.3 Å². The van der Waals surface area contributed by atoms with Crippen LogP contribution in [0.25, 0.3) is 0 Å². The number of hydrogen-bond acceptors (Lipinski definition) is 2. The smallest absolute Gasteiger partial charge is 0.313 e. The monoisotopic (exact) mass is 278 g/mol. The maximum atomic E-state index is 12.9. The minimum atomic E-state index is -4.03. The second kappa shape index (κ2) is 6.93. The quantitative estimate of drug-likeness (QED) is 0.777. The zero-order valence-electron chi connectivity index (χ0n) is 11.5. The van der Waals surface area contributed by atoms with Gasteiger partial charge in [0, 0.05) is 6.04 Å². The lowest BCUT2D eigenvalue weighted by atomic mass is 9.84. The van der Waals surface area contributed by atoms with Crippen molar-refractivity contribution in [2.45, 2.75) is 57.2 Å². The van der Waals surface area contributed by atoms with Crippen molar-refractivity contribution >= 4 is 0 Å². The number of likely N-dealkylation sites (tertiary alicyclic amines) is 1. The molecule has 1 aliphatic heterocycles. The molecule has 1 aliphatic carbocycles. The van der Waals surface area contributed by atoms with E-state index in [0.29, 0.717) is 19.4 Å². The van der Waals surface area contributed by atoms with Gasteiger partial charge in [-0.15, -0.1) is 0 Å². The number of hydrogen-bond donors (Lipinski definition) is 1. The average Bonchev–Trinajstić information content (AvgIpc) is 2.87. The molecule has 2 rings (SSSR count). The first kappa shape index (κ1) is 15.1. The molecule has 1 saturated heterocycles. The standard InChI is InChI=1S/C14H25F3N2/c15-14(16,17)12-6-1-2-7-13(12)18-8-5-11-19-9-3-4-10-19/h12-13,18H,1-11H2. The summed E-state index contributed by atoms with van der Waals surface area (Å²) in [6.45, 7) is 4.06. The van der Waals surface area contributed by atoms with Gasteiger partial charge >= 0.3 is 6.18 Å². The normalized spacial score (nSPS) is 29.8. The lowest BCUT2D eigenvalue weighted by Gasteiger charge is -2.33. The van der Waals surface area contributed by atoms with E-state index in [1.165, 1.54) is 12.8 Å². The van der Waals surface area contributed by atoms with Crippen molar-refractivity contribution < 1.29 is 13.2 Å².